The number of nitrogens with zero attached hydrogens (tertiary/aromatic N) is 4. The standard InChI is InChI=1S/C22H29N5O2/c1-3-23-22(27-13-11-26(12-14-27)18(2)28)25-16-20-9-10-24-21(15-20)29-17-19-7-5-4-6-8-19/h4-10,15H,3,11-14,16-17H2,1-2H3,(H,23,25). The minimum absolute atomic E-state index is 0.131. The molecule has 1 saturated heterocycles. The quantitative estimate of drug-likeness (QED) is 0.600. The summed E-state index contributed by atoms with van der Waals surface area (Å²) in [6.07, 6.45) is 1.75. The van der Waals surface area contributed by atoms with Gasteiger partial charge in [-0.2, -0.15) is 0 Å². The molecular formula is C22H29N5O2. The van der Waals surface area contributed by atoms with Gasteiger partial charge in [0.25, 0.3) is 0 Å². The maximum absolute atomic E-state index is 11.5. The first kappa shape index (κ1) is 20.6. The fraction of sp³-hybridized carbons (Fsp3) is 0.409. The molecule has 0 radical (unpaired) electrons. The third kappa shape index (κ3) is 6.20. The molecule has 0 unspecified atom stereocenters. The van der Waals surface area contributed by atoms with Crippen molar-refractivity contribution in [3.63, 3.8) is 0 Å². The number of carbonyl (C=O) groups excluding carboxylic acids is 1. The van der Waals surface area contributed by atoms with Crippen LogP contribution in [0.3, 0.4) is 0 Å². The Bertz CT molecular complexity index is 817. The summed E-state index contributed by atoms with van der Waals surface area (Å²) in [7, 11) is 0. The Labute approximate surface area is 172 Å². The van der Waals surface area contributed by atoms with Crippen LogP contribution in [0.1, 0.15) is 25.0 Å². The Hall–Kier alpha value is -3.09. The monoisotopic (exact) mass is 395 g/mol. The third-order valence-corrected chi connectivity index (χ3v) is 4.80. The highest BCUT2D eigenvalue weighted by Gasteiger charge is 2.20. The number of carbonyl (C=O) groups is 1. The first-order chi connectivity index (χ1) is 14.2. The lowest BCUT2D eigenvalue weighted by Crippen LogP contribution is -2.53. The average Bonchev–Trinajstić information content (AvgIpc) is 2.76. The van der Waals surface area contributed by atoms with Gasteiger partial charge in [-0.3, -0.25) is 4.79 Å². The van der Waals surface area contributed by atoms with Crippen LogP contribution in [0.25, 0.3) is 0 Å². The van der Waals surface area contributed by atoms with E-state index in [0.29, 0.717) is 19.0 Å². The largest absolute Gasteiger partial charge is 0.473 e. The summed E-state index contributed by atoms with van der Waals surface area (Å²) in [4.78, 5) is 24.7. The minimum atomic E-state index is 0.131. The molecule has 0 spiro atoms. The van der Waals surface area contributed by atoms with Crippen molar-refractivity contribution in [1.29, 1.82) is 0 Å². The van der Waals surface area contributed by atoms with Crippen LogP contribution in [0.2, 0.25) is 0 Å². The van der Waals surface area contributed by atoms with Crippen LogP contribution in [-0.2, 0) is 17.9 Å². The number of aromatic nitrogens is 1. The maximum atomic E-state index is 11.5. The summed E-state index contributed by atoms with van der Waals surface area (Å²) in [5.74, 6) is 1.60. The maximum Gasteiger partial charge on any atom is 0.219 e. The van der Waals surface area contributed by atoms with Gasteiger partial charge >= 0.3 is 0 Å². The first-order valence-electron chi connectivity index (χ1n) is 10.1. The van der Waals surface area contributed by atoms with E-state index in [1.54, 1.807) is 13.1 Å². The fourth-order valence-electron chi connectivity index (χ4n) is 3.18. The van der Waals surface area contributed by atoms with Crippen molar-refractivity contribution in [2.45, 2.75) is 27.0 Å². The molecule has 1 amide bonds. The Balaban J connectivity index is 1.59. The summed E-state index contributed by atoms with van der Waals surface area (Å²) >= 11 is 0. The molecule has 3 rings (SSSR count). The normalized spacial score (nSPS) is 14.6. The van der Waals surface area contributed by atoms with Gasteiger partial charge in [-0.1, -0.05) is 30.3 Å². The molecule has 7 nitrogen and oxygen atoms in total. The molecule has 2 heterocycles. The lowest BCUT2D eigenvalue weighted by Gasteiger charge is -2.36. The molecule has 1 aromatic heterocycles. The van der Waals surface area contributed by atoms with Crippen LogP contribution in [0.4, 0.5) is 0 Å². The average molecular weight is 396 g/mol. The van der Waals surface area contributed by atoms with E-state index in [4.69, 9.17) is 9.73 Å². The second kappa shape index (κ2) is 10.5. The molecule has 1 aliphatic heterocycles. The van der Waals surface area contributed by atoms with Crippen LogP contribution in [0.15, 0.2) is 53.7 Å². The lowest BCUT2D eigenvalue weighted by atomic mass is 10.2. The number of rotatable bonds is 6. The Morgan fingerprint density at radius 2 is 1.83 bits per heavy atom. The van der Waals surface area contributed by atoms with Gasteiger partial charge in [-0.25, -0.2) is 9.98 Å². The molecular weight excluding hydrogens is 366 g/mol. The smallest absolute Gasteiger partial charge is 0.219 e. The molecule has 1 aliphatic rings. The molecule has 0 bridgehead atoms. The van der Waals surface area contributed by atoms with E-state index in [9.17, 15) is 4.79 Å². The van der Waals surface area contributed by atoms with Gasteiger partial charge in [0.05, 0.1) is 6.54 Å². The van der Waals surface area contributed by atoms with Crippen molar-refractivity contribution in [2.75, 3.05) is 32.7 Å². The number of benzene rings is 1. The number of pyridine rings is 1. The number of nitrogens with one attached hydrogen (secondary N) is 1. The van der Waals surface area contributed by atoms with Gasteiger partial charge in [-0.05, 0) is 24.1 Å². The summed E-state index contributed by atoms with van der Waals surface area (Å²) in [5, 5.41) is 3.35. The highest BCUT2D eigenvalue weighted by molar-refractivity contribution is 5.80. The number of guanidine groups is 1. The fourth-order valence-corrected chi connectivity index (χ4v) is 3.18. The van der Waals surface area contributed by atoms with Gasteiger partial charge in [0.15, 0.2) is 5.96 Å². The number of hydrogen-bond donors (Lipinski definition) is 1. The molecule has 0 aliphatic carbocycles. The van der Waals surface area contributed by atoms with Gasteiger partial charge in [0, 0.05) is 51.9 Å². The highest BCUT2D eigenvalue weighted by Crippen LogP contribution is 2.13. The van der Waals surface area contributed by atoms with E-state index >= 15 is 0 Å². The van der Waals surface area contributed by atoms with Crippen LogP contribution >= 0.6 is 0 Å². The SMILES string of the molecule is CCNC(=NCc1ccnc(OCc2ccccc2)c1)N1CCN(C(C)=O)CC1. The van der Waals surface area contributed by atoms with Gasteiger partial charge in [0.2, 0.25) is 11.8 Å². The third-order valence-electron chi connectivity index (χ3n) is 4.80. The van der Waals surface area contributed by atoms with Gasteiger partial charge in [-0.15, -0.1) is 0 Å². The van der Waals surface area contributed by atoms with Crippen molar-refractivity contribution >= 4 is 11.9 Å². The predicted octanol–water partition coefficient (Wildman–Crippen LogP) is 2.29. The number of piperazine rings is 1. The molecule has 1 fully saturated rings. The summed E-state index contributed by atoms with van der Waals surface area (Å²) in [6, 6.07) is 13.9. The second-order valence-corrected chi connectivity index (χ2v) is 6.94. The zero-order valence-electron chi connectivity index (χ0n) is 17.2. The first-order valence-corrected chi connectivity index (χ1v) is 10.1. The van der Waals surface area contributed by atoms with Crippen LogP contribution in [0.5, 0.6) is 5.88 Å². The number of amides is 1. The highest BCUT2D eigenvalue weighted by atomic mass is 16.5. The lowest BCUT2D eigenvalue weighted by molar-refractivity contribution is -0.130. The van der Waals surface area contributed by atoms with E-state index in [1.165, 1.54) is 0 Å². The van der Waals surface area contributed by atoms with E-state index in [1.807, 2.05) is 47.4 Å². The van der Waals surface area contributed by atoms with Crippen molar-refractivity contribution < 1.29 is 9.53 Å². The van der Waals surface area contributed by atoms with Crippen molar-refractivity contribution in [3.05, 3.63) is 59.8 Å². The van der Waals surface area contributed by atoms with E-state index in [0.717, 1.165) is 49.8 Å². The second-order valence-electron chi connectivity index (χ2n) is 6.94. The molecule has 2 aromatic rings. The van der Waals surface area contributed by atoms with Crippen LogP contribution in [0, 0.1) is 0 Å². The van der Waals surface area contributed by atoms with Gasteiger partial charge in [0.1, 0.15) is 6.61 Å². The summed E-state index contributed by atoms with van der Waals surface area (Å²) < 4.78 is 5.81. The van der Waals surface area contributed by atoms with Crippen LogP contribution < -0.4 is 10.1 Å². The zero-order valence-corrected chi connectivity index (χ0v) is 17.2. The predicted molar refractivity (Wildman–Crippen MR) is 114 cm³/mol. The molecule has 1 N–H and O–H groups in total. The zero-order chi connectivity index (χ0) is 20.5. The number of aliphatic imine (C=N–C) groups is 1. The summed E-state index contributed by atoms with van der Waals surface area (Å²) in [5.41, 5.74) is 2.15. The number of hydrogen-bond acceptors (Lipinski definition) is 4. The molecule has 1 aromatic carbocycles. The van der Waals surface area contributed by atoms with E-state index in [2.05, 4.69) is 22.1 Å². The van der Waals surface area contributed by atoms with E-state index < -0.39 is 0 Å². The van der Waals surface area contributed by atoms with Gasteiger partial charge < -0.3 is 19.9 Å². The number of ether oxygens (including phenoxy) is 1. The summed E-state index contributed by atoms with van der Waals surface area (Å²) in [6.45, 7) is 8.54. The van der Waals surface area contributed by atoms with Crippen molar-refractivity contribution in [2.24, 2.45) is 4.99 Å². The topological polar surface area (TPSA) is 70.1 Å². The Morgan fingerprint density at radius 3 is 2.52 bits per heavy atom. The molecule has 0 saturated carbocycles. The van der Waals surface area contributed by atoms with Crippen molar-refractivity contribution in [1.82, 2.24) is 20.1 Å². The minimum Gasteiger partial charge on any atom is -0.473 e. The van der Waals surface area contributed by atoms with Crippen LogP contribution in [-0.4, -0.2) is 59.4 Å². The molecule has 0 atom stereocenters. The Kier molecular flexibility index (Phi) is 7.44. The molecule has 29 heavy (non-hydrogen) atoms. The van der Waals surface area contributed by atoms with E-state index in [-0.39, 0.29) is 5.91 Å². The molecule has 154 valence electrons. The molecule has 7 heteroatoms. The van der Waals surface area contributed by atoms with Crippen molar-refractivity contribution in [3.8, 4) is 5.88 Å². The Morgan fingerprint density at radius 1 is 1.10 bits per heavy atom.